The van der Waals surface area contributed by atoms with Gasteiger partial charge in [-0.3, -0.25) is 4.79 Å². The number of hydrogen-bond donors (Lipinski definition) is 2. The zero-order chi connectivity index (χ0) is 18.4. The minimum Gasteiger partial charge on any atom is -0.478 e. The molecule has 0 aliphatic heterocycles. The Morgan fingerprint density at radius 1 is 1.16 bits per heavy atom. The quantitative estimate of drug-likeness (QED) is 0.765. The van der Waals surface area contributed by atoms with Crippen LogP contribution in [0.3, 0.4) is 0 Å². The van der Waals surface area contributed by atoms with E-state index in [9.17, 15) is 9.59 Å². The van der Waals surface area contributed by atoms with Crippen LogP contribution in [0.25, 0.3) is 0 Å². The molecule has 0 bridgehead atoms. The van der Waals surface area contributed by atoms with Crippen molar-refractivity contribution in [3.05, 3.63) is 64.7 Å². The van der Waals surface area contributed by atoms with Crippen molar-refractivity contribution in [3.8, 4) is 0 Å². The van der Waals surface area contributed by atoms with Gasteiger partial charge < -0.3 is 10.4 Å². The highest BCUT2D eigenvalue weighted by molar-refractivity contribution is 7.99. The van der Waals surface area contributed by atoms with Crippen LogP contribution in [0.5, 0.6) is 0 Å². The second kappa shape index (κ2) is 8.72. The molecule has 0 spiro atoms. The minimum atomic E-state index is -0.992. The third-order valence-electron chi connectivity index (χ3n) is 3.83. The molecule has 0 aliphatic carbocycles. The Morgan fingerprint density at radius 2 is 1.88 bits per heavy atom. The topological polar surface area (TPSA) is 66.4 Å². The molecule has 2 aromatic rings. The number of amides is 1. The van der Waals surface area contributed by atoms with Crippen LogP contribution >= 0.6 is 11.8 Å². The maximum atomic E-state index is 12.3. The van der Waals surface area contributed by atoms with Gasteiger partial charge in [-0.1, -0.05) is 38.1 Å². The molecule has 0 aliphatic rings. The van der Waals surface area contributed by atoms with Crippen molar-refractivity contribution < 1.29 is 14.7 Å². The van der Waals surface area contributed by atoms with Gasteiger partial charge in [-0.25, -0.2) is 4.79 Å². The number of benzene rings is 2. The number of rotatable bonds is 7. The molecule has 5 heteroatoms. The molecule has 2 rings (SSSR count). The fraction of sp³-hybridized carbons (Fsp3) is 0.300. The summed E-state index contributed by atoms with van der Waals surface area (Å²) in [5, 5.41) is 12.5. The van der Waals surface area contributed by atoms with Crippen LogP contribution in [-0.4, -0.2) is 22.2 Å². The van der Waals surface area contributed by atoms with Crippen molar-refractivity contribution in [2.24, 2.45) is 0 Å². The predicted molar refractivity (Wildman–Crippen MR) is 103 cm³/mol. The highest BCUT2D eigenvalue weighted by Gasteiger charge is 2.10. The van der Waals surface area contributed by atoms with E-state index in [0.29, 0.717) is 10.8 Å². The molecular formula is C20H23NO3S. The summed E-state index contributed by atoms with van der Waals surface area (Å²) < 4.78 is 0. The van der Waals surface area contributed by atoms with Crippen molar-refractivity contribution >= 4 is 29.3 Å². The molecule has 0 aromatic heterocycles. The van der Waals surface area contributed by atoms with Crippen LogP contribution in [0.1, 0.15) is 40.9 Å². The zero-order valence-corrected chi connectivity index (χ0v) is 15.5. The lowest BCUT2D eigenvalue weighted by molar-refractivity contribution is -0.115. The van der Waals surface area contributed by atoms with E-state index >= 15 is 0 Å². The Hall–Kier alpha value is -2.27. The average molecular weight is 357 g/mol. The van der Waals surface area contributed by atoms with Crippen LogP contribution in [0.2, 0.25) is 0 Å². The second-order valence-corrected chi connectivity index (χ2v) is 7.74. The van der Waals surface area contributed by atoms with E-state index in [0.717, 1.165) is 17.0 Å². The van der Waals surface area contributed by atoms with Gasteiger partial charge in [0, 0.05) is 11.4 Å². The van der Waals surface area contributed by atoms with E-state index in [4.69, 9.17) is 5.11 Å². The van der Waals surface area contributed by atoms with Crippen molar-refractivity contribution in [3.63, 3.8) is 0 Å². The first-order valence-corrected chi connectivity index (χ1v) is 9.24. The average Bonchev–Trinajstić information content (AvgIpc) is 2.55. The molecule has 0 heterocycles. The lowest BCUT2D eigenvalue weighted by atomic mass is 10.1. The molecule has 2 aromatic carbocycles. The summed E-state index contributed by atoms with van der Waals surface area (Å²) in [6.07, 6.45) is 0.144. The molecule has 0 saturated carbocycles. The zero-order valence-electron chi connectivity index (χ0n) is 14.7. The standard InChI is InChI=1S/C20H23NO3S/c1-13(2)25-12-17-8-5-9-18(14(17)3)21-19(22)11-15-6-4-7-16(10-15)20(23)24/h4-10,13H,11-12H2,1-3H3,(H,21,22)(H,23,24). The first kappa shape index (κ1) is 19.1. The number of carbonyl (C=O) groups excluding carboxylic acids is 1. The molecule has 4 nitrogen and oxygen atoms in total. The maximum Gasteiger partial charge on any atom is 0.335 e. The Morgan fingerprint density at radius 3 is 2.56 bits per heavy atom. The first-order chi connectivity index (χ1) is 11.9. The number of carboxylic acids is 1. The van der Waals surface area contributed by atoms with Crippen molar-refractivity contribution in [2.75, 3.05) is 5.32 Å². The first-order valence-electron chi connectivity index (χ1n) is 8.19. The Bertz CT molecular complexity index is 771. The van der Waals surface area contributed by atoms with E-state index in [-0.39, 0.29) is 17.9 Å². The van der Waals surface area contributed by atoms with Gasteiger partial charge in [0.1, 0.15) is 0 Å². The number of anilines is 1. The fourth-order valence-corrected chi connectivity index (χ4v) is 3.25. The van der Waals surface area contributed by atoms with Crippen molar-refractivity contribution in [1.82, 2.24) is 0 Å². The number of hydrogen-bond acceptors (Lipinski definition) is 3. The van der Waals surface area contributed by atoms with E-state index in [1.807, 2.05) is 30.8 Å². The molecule has 1 amide bonds. The van der Waals surface area contributed by atoms with Gasteiger partial charge in [-0.2, -0.15) is 11.8 Å². The van der Waals surface area contributed by atoms with Gasteiger partial charge in [-0.05, 0) is 47.1 Å². The lowest BCUT2D eigenvalue weighted by Crippen LogP contribution is -2.16. The summed E-state index contributed by atoms with van der Waals surface area (Å²) in [6.45, 7) is 6.34. The molecule has 2 N–H and O–H groups in total. The summed E-state index contributed by atoms with van der Waals surface area (Å²) in [4.78, 5) is 23.3. The number of nitrogens with one attached hydrogen (secondary N) is 1. The third-order valence-corrected chi connectivity index (χ3v) is 4.98. The molecule has 0 unspecified atom stereocenters. The Labute approximate surface area is 152 Å². The largest absolute Gasteiger partial charge is 0.478 e. The maximum absolute atomic E-state index is 12.3. The minimum absolute atomic E-state index is 0.144. The summed E-state index contributed by atoms with van der Waals surface area (Å²) in [5.41, 5.74) is 3.96. The second-order valence-electron chi connectivity index (χ2n) is 6.18. The number of carboxylic acid groups (broad SMARTS) is 1. The number of carbonyl (C=O) groups is 2. The van der Waals surface area contributed by atoms with E-state index in [1.54, 1.807) is 12.1 Å². The van der Waals surface area contributed by atoms with Gasteiger partial charge in [-0.15, -0.1) is 0 Å². The van der Waals surface area contributed by atoms with Crippen LogP contribution in [-0.2, 0) is 17.0 Å². The fourth-order valence-electron chi connectivity index (χ4n) is 2.43. The molecule has 0 atom stereocenters. The van der Waals surface area contributed by atoms with E-state index < -0.39 is 5.97 Å². The molecule has 0 saturated heterocycles. The number of thioether (sulfide) groups is 1. The summed E-state index contributed by atoms with van der Waals surface area (Å²) in [5.74, 6) is -0.235. The van der Waals surface area contributed by atoms with Gasteiger partial charge in [0.05, 0.1) is 12.0 Å². The van der Waals surface area contributed by atoms with Crippen LogP contribution in [0.4, 0.5) is 5.69 Å². The van der Waals surface area contributed by atoms with Gasteiger partial charge in [0.2, 0.25) is 5.91 Å². The normalized spacial score (nSPS) is 10.7. The Balaban J connectivity index is 2.06. The molecule has 132 valence electrons. The SMILES string of the molecule is Cc1c(CSC(C)C)cccc1NC(=O)Cc1cccc(C(=O)O)c1. The molecular weight excluding hydrogens is 334 g/mol. The van der Waals surface area contributed by atoms with E-state index in [1.165, 1.54) is 17.7 Å². The smallest absolute Gasteiger partial charge is 0.335 e. The highest BCUT2D eigenvalue weighted by atomic mass is 32.2. The summed E-state index contributed by atoms with van der Waals surface area (Å²) in [7, 11) is 0. The van der Waals surface area contributed by atoms with Gasteiger partial charge in [0.25, 0.3) is 0 Å². The molecule has 25 heavy (non-hydrogen) atoms. The molecule has 0 radical (unpaired) electrons. The number of aromatic carboxylic acids is 1. The van der Waals surface area contributed by atoms with E-state index in [2.05, 4.69) is 25.2 Å². The van der Waals surface area contributed by atoms with Gasteiger partial charge >= 0.3 is 5.97 Å². The van der Waals surface area contributed by atoms with Crippen LogP contribution in [0.15, 0.2) is 42.5 Å². The summed E-state index contributed by atoms with van der Waals surface area (Å²) >= 11 is 1.86. The summed E-state index contributed by atoms with van der Waals surface area (Å²) in [6, 6.07) is 12.4. The predicted octanol–water partition coefficient (Wildman–Crippen LogP) is 4.52. The molecule has 0 fully saturated rings. The van der Waals surface area contributed by atoms with Crippen molar-refractivity contribution in [2.45, 2.75) is 38.2 Å². The van der Waals surface area contributed by atoms with Crippen LogP contribution < -0.4 is 5.32 Å². The van der Waals surface area contributed by atoms with Crippen LogP contribution in [0, 0.1) is 6.92 Å². The highest BCUT2D eigenvalue weighted by Crippen LogP contribution is 2.25. The van der Waals surface area contributed by atoms with Gasteiger partial charge in [0.15, 0.2) is 0 Å². The lowest BCUT2D eigenvalue weighted by Gasteiger charge is -2.13. The Kier molecular flexibility index (Phi) is 6.65. The van der Waals surface area contributed by atoms with Crippen molar-refractivity contribution in [1.29, 1.82) is 0 Å². The third kappa shape index (κ3) is 5.64. The monoisotopic (exact) mass is 357 g/mol.